The molecule has 2 aliphatic rings. The molecule has 0 N–H and O–H groups in total. The van der Waals surface area contributed by atoms with Gasteiger partial charge in [-0.2, -0.15) is 0 Å². The van der Waals surface area contributed by atoms with E-state index >= 15 is 0 Å². The molecule has 102 valence electrons. The van der Waals surface area contributed by atoms with Gasteiger partial charge in [-0.1, -0.05) is 0 Å². The van der Waals surface area contributed by atoms with E-state index in [2.05, 4.69) is 18.7 Å². The molecule has 2 saturated heterocycles. The monoisotopic (exact) mass is 253 g/mol. The molecule has 0 aromatic heterocycles. The topological polar surface area (TPSA) is 43.9 Å². The molecule has 5 nitrogen and oxygen atoms in total. The summed E-state index contributed by atoms with van der Waals surface area (Å²) in [6, 6.07) is 0.364. The molecule has 1 spiro atoms. The smallest absolute Gasteiger partial charge is 0.310 e. The summed E-state index contributed by atoms with van der Waals surface area (Å²) in [5, 5.41) is 0. The van der Waals surface area contributed by atoms with Gasteiger partial charge in [-0.05, 0) is 33.6 Å². The second-order valence-electron chi connectivity index (χ2n) is 5.55. The Hall–Kier alpha value is -1.10. The van der Waals surface area contributed by atoms with Gasteiger partial charge in [0.05, 0.1) is 0 Å². The van der Waals surface area contributed by atoms with E-state index in [1.165, 1.54) is 4.90 Å². The number of likely N-dealkylation sites (N-methyl/N-ethyl adjacent to an activating group) is 2. The summed E-state index contributed by atoms with van der Waals surface area (Å²) in [7, 11) is 1.59. The number of hydrogen-bond acceptors (Lipinski definition) is 3. The van der Waals surface area contributed by atoms with Crippen molar-refractivity contribution in [2.45, 2.75) is 45.2 Å². The Balaban J connectivity index is 2.21. The second kappa shape index (κ2) is 4.53. The third-order valence-electron chi connectivity index (χ3n) is 4.41. The largest absolute Gasteiger partial charge is 0.327 e. The Morgan fingerprint density at radius 2 is 1.78 bits per heavy atom. The van der Waals surface area contributed by atoms with Gasteiger partial charge in [0, 0.05) is 32.7 Å². The van der Waals surface area contributed by atoms with E-state index in [1.807, 2.05) is 6.92 Å². The van der Waals surface area contributed by atoms with Crippen molar-refractivity contribution in [2.24, 2.45) is 0 Å². The van der Waals surface area contributed by atoms with Gasteiger partial charge in [-0.3, -0.25) is 9.69 Å². The van der Waals surface area contributed by atoms with Gasteiger partial charge in [0.1, 0.15) is 5.54 Å². The summed E-state index contributed by atoms with van der Waals surface area (Å²) in [6.07, 6.45) is 1.52. The molecule has 0 unspecified atom stereocenters. The number of urea groups is 1. The number of amides is 3. The van der Waals surface area contributed by atoms with Crippen molar-refractivity contribution < 1.29 is 9.59 Å². The zero-order valence-corrected chi connectivity index (χ0v) is 11.8. The summed E-state index contributed by atoms with van der Waals surface area (Å²) in [5.74, 6) is -0.0160. The average molecular weight is 253 g/mol. The van der Waals surface area contributed by atoms with E-state index < -0.39 is 5.54 Å². The Morgan fingerprint density at radius 1 is 1.22 bits per heavy atom. The average Bonchev–Trinajstić information content (AvgIpc) is 2.53. The minimum atomic E-state index is -0.564. The van der Waals surface area contributed by atoms with Crippen LogP contribution >= 0.6 is 0 Å². The van der Waals surface area contributed by atoms with Crippen LogP contribution in [0, 0.1) is 0 Å². The van der Waals surface area contributed by atoms with Crippen molar-refractivity contribution in [3.05, 3.63) is 0 Å². The molecule has 2 heterocycles. The molecule has 2 rings (SSSR count). The molecule has 0 saturated carbocycles. The highest BCUT2D eigenvalue weighted by atomic mass is 16.2. The molecular weight excluding hydrogens is 230 g/mol. The van der Waals surface area contributed by atoms with E-state index in [0.717, 1.165) is 25.9 Å². The van der Waals surface area contributed by atoms with Crippen LogP contribution in [0.4, 0.5) is 4.79 Å². The van der Waals surface area contributed by atoms with Crippen molar-refractivity contribution in [1.29, 1.82) is 0 Å². The molecule has 0 atom stereocenters. The number of piperidine rings is 1. The van der Waals surface area contributed by atoms with Crippen LogP contribution < -0.4 is 0 Å². The minimum absolute atomic E-state index is 0.0160. The molecule has 3 amide bonds. The van der Waals surface area contributed by atoms with E-state index in [1.54, 1.807) is 11.9 Å². The SMILES string of the molecule is CCN1C(=O)N(C)C(=O)C12CCN(C(C)C)CC2. The van der Waals surface area contributed by atoms with Gasteiger partial charge < -0.3 is 9.80 Å². The fraction of sp³-hybridized carbons (Fsp3) is 0.846. The van der Waals surface area contributed by atoms with Gasteiger partial charge in [0.15, 0.2) is 0 Å². The van der Waals surface area contributed by atoms with E-state index in [0.29, 0.717) is 12.6 Å². The van der Waals surface area contributed by atoms with Crippen LogP contribution in [0.25, 0.3) is 0 Å². The highest BCUT2D eigenvalue weighted by molar-refractivity contribution is 6.06. The Labute approximate surface area is 109 Å². The molecule has 0 aromatic rings. The van der Waals surface area contributed by atoms with E-state index in [-0.39, 0.29) is 11.9 Å². The maximum Gasteiger partial charge on any atom is 0.327 e. The zero-order valence-electron chi connectivity index (χ0n) is 11.8. The fourth-order valence-electron chi connectivity index (χ4n) is 3.21. The maximum atomic E-state index is 12.4. The van der Waals surface area contributed by atoms with Crippen LogP contribution in [0.2, 0.25) is 0 Å². The van der Waals surface area contributed by atoms with Crippen molar-refractivity contribution in [3.8, 4) is 0 Å². The predicted molar refractivity (Wildman–Crippen MR) is 69.2 cm³/mol. The van der Waals surface area contributed by atoms with Crippen molar-refractivity contribution in [2.75, 3.05) is 26.7 Å². The number of imide groups is 1. The van der Waals surface area contributed by atoms with Gasteiger partial charge in [0.25, 0.3) is 5.91 Å². The highest BCUT2D eigenvalue weighted by Gasteiger charge is 2.56. The summed E-state index contributed by atoms with van der Waals surface area (Å²) >= 11 is 0. The number of hydrogen-bond donors (Lipinski definition) is 0. The number of carbonyl (C=O) groups excluding carboxylic acids is 2. The Kier molecular flexibility index (Phi) is 3.36. The van der Waals surface area contributed by atoms with E-state index in [9.17, 15) is 9.59 Å². The molecule has 2 aliphatic heterocycles. The molecular formula is C13H23N3O2. The summed E-state index contributed by atoms with van der Waals surface area (Å²) in [4.78, 5) is 29.8. The lowest BCUT2D eigenvalue weighted by Gasteiger charge is -2.43. The standard InChI is InChI=1S/C13H23N3O2/c1-5-16-12(18)14(4)11(17)13(16)6-8-15(9-7-13)10(2)3/h10H,5-9H2,1-4H3. The lowest BCUT2D eigenvalue weighted by molar-refractivity contribution is -0.135. The van der Waals surface area contributed by atoms with Gasteiger partial charge in [0.2, 0.25) is 0 Å². The predicted octanol–water partition coefficient (Wildman–Crippen LogP) is 1.14. The lowest BCUT2D eigenvalue weighted by atomic mass is 9.85. The normalized spacial score (nSPS) is 24.7. The van der Waals surface area contributed by atoms with Crippen molar-refractivity contribution in [3.63, 3.8) is 0 Å². The van der Waals surface area contributed by atoms with Crippen LogP contribution in [-0.2, 0) is 4.79 Å². The zero-order chi connectivity index (χ0) is 13.5. The highest BCUT2D eigenvalue weighted by Crippen LogP contribution is 2.36. The van der Waals surface area contributed by atoms with Crippen molar-refractivity contribution >= 4 is 11.9 Å². The lowest BCUT2D eigenvalue weighted by Crippen LogP contribution is -2.57. The van der Waals surface area contributed by atoms with Crippen LogP contribution in [0.3, 0.4) is 0 Å². The van der Waals surface area contributed by atoms with E-state index in [4.69, 9.17) is 0 Å². The van der Waals surface area contributed by atoms with Gasteiger partial charge >= 0.3 is 6.03 Å². The Morgan fingerprint density at radius 3 is 2.22 bits per heavy atom. The Bertz CT molecular complexity index is 359. The molecule has 0 radical (unpaired) electrons. The number of rotatable bonds is 2. The first-order valence-electron chi connectivity index (χ1n) is 6.78. The molecule has 5 heteroatoms. The van der Waals surface area contributed by atoms with Crippen LogP contribution in [-0.4, -0.2) is 64.9 Å². The molecule has 0 bridgehead atoms. The van der Waals surface area contributed by atoms with Gasteiger partial charge in [-0.15, -0.1) is 0 Å². The van der Waals surface area contributed by atoms with Crippen LogP contribution in [0.15, 0.2) is 0 Å². The van der Waals surface area contributed by atoms with Crippen LogP contribution in [0.5, 0.6) is 0 Å². The summed E-state index contributed by atoms with van der Waals surface area (Å²) in [5.41, 5.74) is -0.564. The quantitative estimate of drug-likeness (QED) is 0.693. The molecule has 0 aromatic carbocycles. The number of carbonyl (C=O) groups is 2. The molecule has 18 heavy (non-hydrogen) atoms. The third-order valence-corrected chi connectivity index (χ3v) is 4.41. The maximum absolute atomic E-state index is 12.4. The second-order valence-corrected chi connectivity index (χ2v) is 5.55. The van der Waals surface area contributed by atoms with Crippen LogP contribution in [0.1, 0.15) is 33.6 Å². The number of likely N-dealkylation sites (tertiary alicyclic amines) is 1. The third kappa shape index (κ3) is 1.72. The van der Waals surface area contributed by atoms with Crippen molar-refractivity contribution in [1.82, 2.24) is 14.7 Å². The number of nitrogens with zero attached hydrogens (tertiary/aromatic N) is 3. The first-order valence-corrected chi connectivity index (χ1v) is 6.78. The first-order chi connectivity index (χ1) is 8.44. The molecule has 0 aliphatic carbocycles. The van der Waals surface area contributed by atoms with Gasteiger partial charge in [-0.25, -0.2) is 4.79 Å². The fourth-order valence-corrected chi connectivity index (χ4v) is 3.21. The summed E-state index contributed by atoms with van der Waals surface area (Å²) in [6.45, 7) is 8.67. The summed E-state index contributed by atoms with van der Waals surface area (Å²) < 4.78 is 0. The first kappa shape index (κ1) is 13.3. The molecule has 2 fully saturated rings. The minimum Gasteiger partial charge on any atom is -0.310 e.